The number of phenols is 1. The number of phenolic OH excluding ortho intramolecular Hbond substituents is 1. The zero-order valence-electron chi connectivity index (χ0n) is 14.2. The molecule has 0 atom stereocenters. The summed E-state index contributed by atoms with van der Waals surface area (Å²) in [4.78, 5) is 4.81. The van der Waals surface area contributed by atoms with Crippen molar-refractivity contribution in [2.75, 3.05) is 33.3 Å². The van der Waals surface area contributed by atoms with E-state index < -0.39 is 0 Å². The molecular formula is C18H30N2O2. The van der Waals surface area contributed by atoms with Gasteiger partial charge in [-0.15, -0.1) is 0 Å². The van der Waals surface area contributed by atoms with Crippen LogP contribution in [0.2, 0.25) is 0 Å². The number of hydrogen-bond donors (Lipinski definition) is 2. The number of aliphatic hydroxyl groups excluding tert-OH is 1. The molecule has 0 saturated carbocycles. The van der Waals surface area contributed by atoms with Gasteiger partial charge in [0, 0.05) is 31.3 Å². The number of piperidine rings is 1. The zero-order valence-corrected chi connectivity index (χ0v) is 14.2. The molecular weight excluding hydrogens is 276 g/mol. The molecule has 1 saturated heterocycles. The lowest BCUT2D eigenvalue weighted by Gasteiger charge is -2.36. The minimum Gasteiger partial charge on any atom is -0.508 e. The number of aromatic hydroxyl groups is 1. The molecule has 4 heteroatoms. The SMILES string of the molecule is Cc1cc(O)c(CN2CCC(N(C)CCCO)CC2)cc1C. The third-order valence-electron chi connectivity index (χ3n) is 4.94. The van der Waals surface area contributed by atoms with E-state index in [9.17, 15) is 5.11 Å². The highest BCUT2D eigenvalue weighted by Crippen LogP contribution is 2.25. The van der Waals surface area contributed by atoms with Crippen molar-refractivity contribution in [1.29, 1.82) is 0 Å². The summed E-state index contributed by atoms with van der Waals surface area (Å²) < 4.78 is 0. The standard InChI is InChI=1S/C18H30N2O2/c1-14-11-16(18(22)12-15(14)2)13-20-8-5-17(6-9-20)19(3)7-4-10-21/h11-12,17,21-22H,4-10,13H2,1-3H3. The molecule has 1 aromatic carbocycles. The highest BCUT2D eigenvalue weighted by Gasteiger charge is 2.22. The fraction of sp³-hybridized carbons (Fsp3) is 0.667. The number of rotatable bonds is 6. The topological polar surface area (TPSA) is 46.9 Å². The molecule has 2 rings (SSSR count). The summed E-state index contributed by atoms with van der Waals surface area (Å²) in [6.07, 6.45) is 3.17. The van der Waals surface area contributed by atoms with Crippen molar-refractivity contribution >= 4 is 0 Å². The lowest BCUT2D eigenvalue weighted by atomic mass is 10.0. The number of aryl methyl sites for hydroxylation is 2. The molecule has 1 heterocycles. The van der Waals surface area contributed by atoms with Crippen LogP contribution in [0.4, 0.5) is 0 Å². The van der Waals surface area contributed by atoms with Gasteiger partial charge in [-0.05, 0) is 70.4 Å². The van der Waals surface area contributed by atoms with Crippen molar-refractivity contribution in [2.24, 2.45) is 0 Å². The smallest absolute Gasteiger partial charge is 0.120 e. The predicted octanol–water partition coefficient (Wildman–Crippen LogP) is 2.29. The van der Waals surface area contributed by atoms with Crippen LogP contribution in [0.15, 0.2) is 12.1 Å². The maximum Gasteiger partial charge on any atom is 0.120 e. The Balaban J connectivity index is 1.86. The molecule has 0 spiro atoms. The van der Waals surface area contributed by atoms with E-state index in [1.165, 1.54) is 5.56 Å². The van der Waals surface area contributed by atoms with Gasteiger partial charge in [-0.25, -0.2) is 0 Å². The molecule has 2 N–H and O–H groups in total. The molecule has 22 heavy (non-hydrogen) atoms. The van der Waals surface area contributed by atoms with E-state index >= 15 is 0 Å². The first-order valence-corrected chi connectivity index (χ1v) is 8.33. The van der Waals surface area contributed by atoms with Crippen molar-refractivity contribution in [3.05, 3.63) is 28.8 Å². The van der Waals surface area contributed by atoms with E-state index in [-0.39, 0.29) is 6.61 Å². The summed E-state index contributed by atoms with van der Waals surface area (Å²) in [5.74, 6) is 0.422. The van der Waals surface area contributed by atoms with Crippen molar-refractivity contribution in [1.82, 2.24) is 9.80 Å². The second-order valence-electron chi connectivity index (χ2n) is 6.63. The molecule has 0 radical (unpaired) electrons. The van der Waals surface area contributed by atoms with Crippen molar-refractivity contribution in [2.45, 2.75) is 45.7 Å². The molecule has 0 unspecified atom stereocenters. The van der Waals surface area contributed by atoms with Crippen LogP contribution in [-0.2, 0) is 6.54 Å². The highest BCUT2D eigenvalue weighted by molar-refractivity contribution is 5.40. The zero-order chi connectivity index (χ0) is 16.1. The summed E-state index contributed by atoms with van der Waals surface area (Å²) >= 11 is 0. The van der Waals surface area contributed by atoms with Crippen LogP contribution in [0, 0.1) is 13.8 Å². The van der Waals surface area contributed by atoms with Crippen LogP contribution in [0.5, 0.6) is 5.75 Å². The van der Waals surface area contributed by atoms with E-state index in [4.69, 9.17) is 5.11 Å². The van der Waals surface area contributed by atoms with Crippen LogP contribution in [0.1, 0.15) is 36.0 Å². The first-order chi connectivity index (χ1) is 10.5. The molecule has 4 nitrogen and oxygen atoms in total. The van der Waals surface area contributed by atoms with Gasteiger partial charge in [0.15, 0.2) is 0 Å². The van der Waals surface area contributed by atoms with Crippen molar-refractivity contribution in [3.63, 3.8) is 0 Å². The Kier molecular flexibility index (Phi) is 6.24. The van der Waals surface area contributed by atoms with E-state index in [0.717, 1.165) is 56.6 Å². The van der Waals surface area contributed by atoms with Crippen molar-refractivity contribution < 1.29 is 10.2 Å². The Morgan fingerprint density at radius 3 is 2.45 bits per heavy atom. The number of hydrogen-bond acceptors (Lipinski definition) is 4. The van der Waals surface area contributed by atoms with Crippen LogP contribution >= 0.6 is 0 Å². The summed E-state index contributed by atoms with van der Waals surface area (Å²) in [6.45, 7) is 8.35. The van der Waals surface area contributed by atoms with Crippen LogP contribution in [0.3, 0.4) is 0 Å². The molecule has 0 amide bonds. The van der Waals surface area contributed by atoms with E-state index in [2.05, 4.69) is 29.8 Å². The number of likely N-dealkylation sites (tertiary alicyclic amines) is 1. The predicted molar refractivity (Wildman–Crippen MR) is 90.2 cm³/mol. The lowest BCUT2D eigenvalue weighted by Crippen LogP contribution is -2.43. The molecule has 1 fully saturated rings. The fourth-order valence-electron chi connectivity index (χ4n) is 3.25. The van der Waals surface area contributed by atoms with Gasteiger partial charge in [0.1, 0.15) is 5.75 Å². The summed E-state index contributed by atoms with van der Waals surface area (Å²) in [7, 11) is 2.16. The molecule has 0 aromatic heterocycles. The molecule has 1 aliphatic heterocycles. The largest absolute Gasteiger partial charge is 0.508 e. The van der Waals surface area contributed by atoms with Gasteiger partial charge >= 0.3 is 0 Å². The van der Waals surface area contributed by atoms with E-state index in [1.54, 1.807) is 0 Å². The maximum absolute atomic E-state index is 10.1. The van der Waals surface area contributed by atoms with E-state index in [0.29, 0.717) is 11.8 Å². The average molecular weight is 306 g/mol. The van der Waals surface area contributed by atoms with Gasteiger partial charge in [-0.2, -0.15) is 0 Å². The monoisotopic (exact) mass is 306 g/mol. The summed E-state index contributed by atoms with van der Waals surface area (Å²) in [5, 5.41) is 19.1. The van der Waals surface area contributed by atoms with Gasteiger partial charge in [0.05, 0.1) is 0 Å². The minimum absolute atomic E-state index is 0.273. The Morgan fingerprint density at radius 2 is 1.82 bits per heavy atom. The van der Waals surface area contributed by atoms with Crippen molar-refractivity contribution in [3.8, 4) is 5.75 Å². The molecule has 0 aliphatic carbocycles. The first kappa shape index (κ1) is 17.3. The molecule has 1 aromatic rings. The van der Waals surface area contributed by atoms with Crippen LogP contribution in [-0.4, -0.2) is 59.3 Å². The first-order valence-electron chi connectivity index (χ1n) is 8.33. The van der Waals surface area contributed by atoms with E-state index in [1.807, 2.05) is 13.0 Å². The van der Waals surface area contributed by atoms with Crippen LogP contribution in [0.25, 0.3) is 0 Å². The Bertz CT molecular complexity index is 482. The fourth-order valence-corrected chi connectivity index (χ4v) is 3.25. The third kappa shape index (κ3) is 4.45. The Morgan fingerprint density at radius 1 is 1.18 bits per heavy atom. The summed E-state index contributed by atoms with van der Waals surface area (Å²) in [5.41, 5.74) is 3.42. The highest BCUT2D eigenvalue weighted by atomic mass is 16.3. The summed E-state index contributed by atoms with van der Waals surface area (Å²) in [6, 6.07) is 4.61. The van der Waals surface area contributed by atoms with Gasteiger partial charge in [-0.3, -0.25) is 4.90 Å². The number of nitrogens with zero attached hydrogens (tertiary/aromatic N) is 2. The van der Waals surface area contributed by atoms with Gasteiger partial charge < -0.3 is 15.1 Å². The number of benzene rings is 1. The average Bonchev–Trinajstić information content (AvgIpc) is 2.51. The Hall–Kier alpha value is -1.10. The molecule has 124 valence electrons. The second-order valence-corrected chi connectivity index (χ2v) is 6.63. The quantitative estimate of drug-likeness (QED) is 0.846. The van der Waals surface area contributed by atoms with Gasteiger partial charge in [-0.1, -0.05) is 6.07 Å². The molecule has 0 bridgehead atoms. The van der Waals surface area contributed by atoms with Crippen LogP contribution < -0.4 is 0 Å². The van der Waals surface area contributed by atoms with Gasteiger partial charge in [0.2, 0.25) is 0 Å². The Labute approximate surface area is 134 Å². The number of aliphatic hydroxyl groups is 1. The minimum atomic E-state index is 0.273. The maximum atomic E-state index is 10.1. The normalized spacial score (nSPS) is 17.3. The van der Waals surface area contributed by atoms with Gasteiger partial charge in [0.25, 0.3) is 0 Å². The lowest BCUT2D eigenvalue weighted by molar-refractivity contribution is 0.117. The molecule has 1 aliphatic rings. The second kappa shape index (κ2) is 7.95. The third-order valence-corrected chi connectivity index (χ3v) is 4.94.